The summed E-state index contributed by atoms with van der Waals surface area (Å²) in [6.07, 6.45) is 1.49. The van der Waals surface area contributed by atoms with Crippen LogP contribution in [0.15, 0.2) is 30.3 Å². The Morgan fingerprint density at radius 3 is 2.61 bits per heavy atom. The van der Waals surface area contributed by atoms with Gasteiger partial charge in [-0.3, -0.25) is 0 Å². The van der Waals surface area contributed by atoms with E-state index in [1.54, 1.807) is 4.31 Å². The first-order valence-electron chi connectivity index (χ1n) is 6.28. The zero-order valence-corrected chi connectivity index (χ0v) is 11.4. The minimum atomic E-state index is -3.23. The molecule has 5 heteroatoms. The van der Waals surface area contributed by atoms with Crippen LogP contribution in [0.1, 0.15) is 25.3 Å². The molecule has 1 aromatic carbocycles. The van der Waals surface area contributed by atoms with Crippen molar-refractivity contribution in [3.63, 3.8) is 0 Å². The zero-order chi connectivity index (χ0) is 13.2. The van der Waals surface area contributed by atoms with Crippen molar-refractivity contribution < 1.29 is 8.42 Å². The molecular weight excluding hydrogens is 248 g/mol. The average molecular weight is 268 g/mol. The maximum absolute atomic E-state index is 12.4. The van der Waals surface area contributed by atoms with Gasteiger partial charge in [-0.05, 0) is 25.3 Å². The average Bonchev–Trinajstić information content (AvgIpc) is 2.29. The van der Waals surface area contributed by atoms with Crippen LogP contribution in [0.5, 0.6) is 0 Å². The topological polar surface area (TPSA) is 63.4 Å². The largest absolute Gasteiger partial charge is 0.328 e. The van der Waals surface area contributed by atoms with Crippen molar-refractivity contribution in [2.24, 2.45) is 5.73 Å². The smallest absolute Gasteiger partial charge is 0.218 e. The standard InChI is InChI=1S/C13H20N2O2S/c1-11-9-13(14)7-8-15(11)18(16,17)10-12-5-3-2-4-6-12/h2-6,11,13H,7-10,14H2,1H3/t11-,13-/m1/s1. The molecule has 18 heavy (non-hydrogen) atoms. The SMILES string of the molecule is C[C@@H]1C[C@H](N)CCN1S(=O)(=O)Cc1ccccc1. The van der Waals surface area contributed by atoms with Crippen LogP contribution < -0.4 is 5.73 Å². The Kier molecular flexibility index (Phi) is 4.04. The van der Waals surface area contributed by atoms with Gasteiger partial charge in [-0.2, -0.15) is 4.31 Å². The third-order valence-electron chi connectivity index (χ3n) is 3.40. The Bertz CT molecular complexity index is 487. The van der Waals surface area contributed by atoms with Crippen LogP contribution in [-0.2, 0) is 15.8 Å². The minimum Gasteiger partial charge on any atom is -0.328 e. The van der Waals surface area contributed by atoms with Gasteiger partial charge < -0.3 is 5.73 Å². The second kappa shape index (κ2) is 5.38. The maximum Gasteiger partial charge on any atom is 0.218 e. The fourth-order valence-electron chi connectivity index (χ4n) is 2.47. The summed E-state index contributed by atoms with van der Waals surface area (Å²) < 4.78 is 26.3. The molecule has 1 aliphatic heterocycles. The summed E-state index contributed by atoms with van der Waals surface area (Å²) in [5.41, 5.74) is 6.69. The third-order valence-corrected chi connectivity index (χ3v) is 5.36. The van der Waals surface area contributed by atoms with E-state index in [-0.39, 0.29) is 17.8 Å². The van der Waals surface area contributed by atoms with E-state index < -0.39 is 10.0 Å². The summed E-state index contributed by atoms with van der Waals surface area (Å²) in [7, 11) is -3.23. The van der Waals surface area contributed by atoms with Crippen LogP contribution in [0.3, 0.4) is 0 Å². The Morgan fingerprint density at radius 1 is 1.33 bits per heavy atom. The lowest BCUT2D eigenvalue weighted by molar-refractivity contribution is 0.247. The second-order valence-electron chi connectivity index (χ2n) is 4.99. The second-order valence-corrected chi connectivity index (χ2v) is 6.91. The molecule has 0 saturated carbocycles. The molecule has 2 atom stereocenters. The van der Waals surface area contributed by atoms with Crippen LogP contribution >= 0.6 is 0 Å². The fourth-order valence-corrected chi connectivity index (χ4v) is 4.27. The normalized spacial score (nSPS) is 26.1. The highest BCUT2D eigenvalue weighted by molar-refractivity contribution is 7.88. The van der Waals surface area contributed by atoms with Crippen molar-refractivity contribution in [2.45, 2.75) is 37.6 Å². The molecule has 1 aromatic rings. The number of benzene rings is 1. The maximum atomic E-state index is 12.4. The minimum absolute atomic E-state index is 0.00228. The number of rotatable bonds is 3. The van der Waals surface area contributed by atoms with Crippen molar-refractivity contribution >= 4 is 10.0 Å². The molecule has 4 nitrogen and oxygen atoms in total. The predicted octanol–water partition coefficient (Wildman–Crippen LogP) is 1.33. The highest BCUT2D eigenvalue weighted by Crippen LogP contribution is 2.21. The first-order valence-corrected chi connectivity index (χ1v) is 7.89. The van der Waals surface area contributed by atoms with E-state index in [0.717, 1.165) is 18.4 Å². The lowest BCUT2D eigenvalue weighted by atomic mass is 10.0. The van der Waals surface area contributed by atoms with E-state index >= 15 is 0 Å². The van der Waals surface area contributed by atoms with Crippen molar-refractivity contribution in [3.05, 3.63) is 35.9 Å². The van der Waals surface area contributed by atoms with E-state index in [2.05, 4.69) is 0 Å². The highest BCUT2D eigenvalue weighted by atomic mass is 32.2. The van der Waals surface area contributed by atoms with Crippen LogP contribution in [0.2, 0.25) is 0 Å². The molecule has 0 unspecified atom stereocenters. The van der Waals surface area contributed by atoms with Crippen molar-refractivity contribution in [2.75, 3.05) is 6.54 Å². The van der Waals surface area contributed by atoms with E-state index in [1.165, 1.54) is 0 Å². The van der Waals surface area contributed by atoms with E-state index in [4.69, 9.17) is 5.73 Å². The molecule has 1 aliphatic rings. The molecule has 100 valence electrons. The van der Waals surface area contributed by atoms with E-state index in [0.29, 0.717) is 6.54 Å². The fraction of sp³-hybridized carbons (Fsp3) is 0.538. The lowest BCUT2D eigenvalue weighted by Crippen LogP contribution is -2.48. The molecule has 2 N–H and O–H groups in total. The Balaban J connectivity index is 2.12. The van der Waals surface area contributed by atoms with Gasteiger partial charge in [0.25, 0.3) is 0 Å². The van der Waals surface area contributed by atoms with Gasteiger partial charge in [-0.1, -0.05) is 30.3 Å². The number of nitrogens with zero attached hydrogens (tertiary/aromatic N) is 1. The molecule has 1 saturated heterocycles. The number of sulfonamides is 1. The van der Waals surface area contributed by atoms with Crippen molar-refractivity contribution in [3.8, 4) is 0 Å². The van der Waals surface area contributed by atoms with Crippen LogP contribution in [0.25, 0.3) is 0 Å². The van der Waals surface area contributed by atoms with Gasteiger partial charge in [0.15, 0.2) is 0 Å². The molecule has 0 radical (unpaired) electrons. The third kappa shape index (κ3) is 3.10. The number of hydrogen-bond acceptors (Lipinski definition) is 3. The molecular formula is C13H20N2O2S. The Hall–Kier alpha value is -0.910. The molecule has 2 rings (SSSR count). The van der Waals surface area contributed by atoms with Gasteiger partial charge in [0, 0.05) is 18.6 Å². The zero-order valence-electron chi connectivity index (χ0n) is 10.6. The molecule has 0 amide bonds. The van der Waals surface area contributed by atoms with Gasteiger partial charge in [-0.25, -0.2) is 8.42 Å². The lowest BCUT2D eigenvalue weighted by Gasteiger charge is -2.35. The van der Waals surface area contributed by atoms with Gasteiger partial charge in [0.2, 0.25) is 10.0 Å². The van der Waals surface area contributed by atoms with Gasteiger partial charge in [0.1, 0.15) is 0 Å². The number of hydrogen-bond donors (Lipinski definition) is 1. The molecule has 1 heterocycles. The molecule has 0 spiro atoms. The Labute approximate surface area is 109 Å². The molecule has 0 aliphatic carbocycles. The Morgan fingerprint density at radius 2 is 2.00 bits per heavy atom. The number of nitrogens with two attached hydrogens (primary N) is 1. The first kappa shape index (κ1) is 13.5. The van der Waals surface area contributed by atoms with Crippen LogP contribution in [-0.4, -0.2) is 31.4 Å². The van der Waals surface area contributed by atoms with Gasteiger partial charge in [-0.15, -0.1) is 0 Å². The van der Waals surface area contributed by atoms with E-state index in [1.807, 2.05) is 37.3 Å². The van der Waals surface area contributed by atoms with Crippen molar-refractivity contribution in [1.29, 1.82) is 0 Å². The van der Waals surface area contributed by atoms with E-state index in [9.17, 15) is 8.42 Å². The molecule has 1 fully saturated rings. The summed E-state index contributed by atoms with van der Waals surface area (Å²) in [6, 6.07) is 9.43. The summed E-state index contributed by atoms with van der Waals surface area (Å²) in [6.45, 7) is 2.47. The van der Waals surface area contributed by atoms with Crippen LogP contribution in [0, 0.1) is 0 Å². The van der Waals surface area contributed by atoms with Crippen LogP contribution in [0.4, 0.5) is 0 Å². The molecule has 0 bridgehead atoms. The highest BCUT2D eigenvalue weighted by Gasteiger charge is 2.32. The summed E-state index contributed by atoms with van der Waals surface area (Å²) in [4.78, 5) is 0. The van der Waals surface area contributed by atoms with Gasteiger partial charge >= 0.3 is 0 Å². The number of piperidine rings is 1. The quantitative estimate of drug-likeness (QED) is 0.899. The monoisotopic (exact) mass is 268 g/mol. The van der Waals surface area contributed by atoms with Gasteiger partial charge in [0.05, 0.1) is 5.75 Å². The predicted molar refractivity (Wildman–Crippen MR) is 72.4 cm³/mol. The summed E-state index contributed by atoms with van der Waals surface area (Å²) in [5, 5.41) is 0. The summed E-state index contributed by atoms with van der Waals surface area (Å²) in [5.74, 6) is 0.0768. The molecule has 0 aromatic heterocycles. The first-order chi connectivity index (χ1) is 8.49. The summed E-state index contributed by atoms with van der Waals surface area (Å²) >= 11 is 0. The van der Waals surface area contributed by atoms with Crippen molar-refractivity contribution in [1.82, 2.24) is 4.31 Å².